The maximum absolute atomic E-state index is 13.1. The molecule has 0 bridgehead atoms. The quantitative estimate of drug-likeness (QED) is 0.834. The molecule has 0 spiro atoms. The van der Waals surface area contributed by atoms with E-state index in [9.17, 15) is 9.50 Å². The highest BCUT2D eigenvalue weighted by Gasteiger charge is 2.31. The van der Waals surface area contributed by atoms with Gasteiger partial charge in [-0.25, -0.2) is 4.39 Å². The molecule has 1 unspecified atom stereocenters. The summed E-state index contributed by atoms with van der Waals surface area (Å²) in [5.74, 6) is -0.367. The molecule has 1 aliphatic heterocycles. The van der Waals surface area contributed by atoms with E-state index >= 15 is 0 Å². The maximum atomic E-state index is 13.1. The van der Waals surface area contributed by atoms with Crippen LogP contribution in [0.3, 0.4) is 0 Å². The van der Waals surface area contributed by atoms with Crippen molar-refractivity contribution in [2.45, 2.75) is 18.6 Å². The fourth-order valence-electron chi connectivity index (χ4n) is 1.98. The van der Waals surface area contributed by atoms with Gasteiger partial charge in [0.1, 0.15) is 11.4 Å². The average Bonchev–Trinajstić information content (AvgIpc) is 2.77. The minimum atomic E-state index is -0.847. The second-order valence-corrected chi connectivity index (χ2v) is 4.54. The lowest BCUT2D eigenvalue weighted by Gasteiger charge is -2.20. The van der Waals surface area contributed by atoms with Gasteiger partial charge in [-0.3, -0.25) is 0 Å². The largest absolute Gasteiger partial charge is 0.386 e. The minimum absolute atomic E-state index is 0.314. The zero-order valence-electron chi connectivity index (χ0n) is 9.95. The summed E-state index contributed by atoms with van der Waals surface area (Å²) in [4.78, 5) is 0. The van der Waals surface area contributed by atoms with Crippen molar-refractivity contribution in [2.75, 3.05) is 19.8 Å². The second-order valence-electron chi connectivity index (χ2n) is 4.54. The molecule has 2 N–H and O–H groups in total. The highest BCUT2D eigenvalue weighted by atomic mass is 19.1. The molecule has 0 amide bonds. The van der Waals surface area contributed by atoms with E-state index in [1.54, 1.807) is 0 Å². The number of nitrogens with one attached hydrogen (secondary N) is 1. The summed E-state index contributed by atoms with van der Waals surface area (Å²) in [5, 5.41) is 22.0. The molecule has 1 aromatic rings. The molecule has 0 aromatic heterocycles. The number of benzene rings is 1. The Labute approximate surface area is 105 Å². The predicted molar refractivity (Wildman–Crippen MR) is 63.2 cm³/mol. The van der Waals surface area contributed by atoms with Crippen LogP contribution >= 0.6 is 0 Å². The van der Waals surface area contributed by atoms with Gasteiger partial charge in [0.05, 0.1) is 18.2 Å². The third-order valence-corrected chi connectivity index (χ3v) is 3.04. The van der Waals surface area contributed by atoms with Crippen LogP contribution in [0.25, 0.3) is 0 Å². The molecule has 1 heterocycles. The Hall–Kier alpha value is -1.48. The monoisotopic (exact) mass is 250 g/mol. The first-order chi connectivity index (χ1) is 8.63. The molecule has 18 heavy (non-hydrogen) atoms. The Morgan fingerprint density at radius 2 is 2.39 bits per heavy atom. The van der Waals surface area contributed by atoms with E-state index < -0.39 is 5.60 Å². The Kier molecular flexibility index (Phi) is 3.92. The standard InChI is InChI=1S/C13H15FN2O2/c14-12-2-1-10(6-15)11(5-12)7-16-8-13(17)3-4-18-9-13/h1-2,5,16-17H,3-4,7-9H2. The SMILES string of the molecule is N#Cc1ccc(F)cc1CNCC1(O)CCOC1. The van der Waals surface area contributed by atoms with Gasteiger partial charge < -0.3 is 15.2 Å². The van der Waals surface area contributed by atoms with Crippen LogP contribution < -0.4 is 5.32 Å². The lowest BCUT2D eigenvalue weighted by molar-refractivity contribution is 0.0268. The van der Waals surface area contributed by atoms with E-state index in [4.69, 9.17) is 10.00 Å². The Morgan fingerprint density at radius 1 is 1.56 bits per heavy atom. The Bertz CT molecular complexity index is 465. The molecule has 1 aliphatic rings. The van der Waals surface area contributed by atoms with Gasteiger partial charge in [-0.15, -0.1) is 0 Å². The van der Waals surface area contributed by atoms with Crippen LogP contribution in [-0.2, 0) is 11.3 Å². The van der Waals surface area contributed by atoms with Crippen molar-refractivity contribution in [3.8, 4) is 6.07 Å². The molecule has 4 nitrogen and oxygen atoms in total. The number of halogens is 1. The third kappa shape index (κ3) is 3.05. The van der Waals surface area contributed by atoms with E-state index in [0.717, 1.165) is 0 Å². The van der Waals surface area contributed by atoms with Crippen LogP contribution in [0, 0.1) is 17.1 Å². The Morgan fingerprint density at radius 3 is 3.06 bits per heavy atom. The lowest BCUT2D eigenvalue weighted by atomic mass is 10.0. The molecule has 1 saturated heterocycles. The van der Waals surface area contributed by atoms with Crippen molar-refractivity contribution in [3.05, 3.63) is 35.1 Å². The van der Waals surface area contributed by atoms with Gasteiger partial charge in [-0.1, -0.05) is 0 Å². The van der Waals surface area contributed by atoms with Crippen molar-refractivity contribution < 1.29 is 14.2 Å². The molecule has 1 aromatic carbocycles. The zero-order chi connectivity index (χ0) is 13.0. The molecular formula is C13H15FN2O2. The summed E-state index contributed by atoms with van der Waals surface area (Å²) in [6.07, 6.45) is 0.592. The van der Waals surface area contributed by atoms with Crippen LogP contribution in [0.5, 0.6) is 0 Å². The first kappa shape index (κ1) is 13.0. The van der Waals surface area contributed by atoms with Crippen molar-refractivity contribution in [1.29, 1.82) is 5.26 Å². The van der Waals surface area contributed by atoms with Gasteiger partial charge in [-0.2, -0.15) is 5.26 Å². The van der Waals surface area contributed by atoms with E-state index in [2.05, 4.69) is 5.32 Å². The molecule has 0 radical (unpaired) electrons. The predicted octanol–water partition coefficient (Wildman–Crippen LogP) is 0.938. The minimum Gasteiger partial charge on any atom is -0.386 e. The van der Waals surface area contributed by atoms with E-state index in [0.29, 0.717) is 43.9 Å². The first-order valence-corrected chi connectivity index (χ1v) is 5.82. The summed E-state index contributed by atoms with van der Waals surface area (Å²) in [7, 11) is 0. The van der Waals surface area contributed by atoms with E-state index in [1.807, 2.05) is 6.07 Å². The van der Waals surface area contributed by atoms with E-state index in [-0.39, 0.29) is 5.82 Å². The average molecular weight is 250 g/mol. The van der Waals surface area contributed by atoms with Gasteiger partial charge in [0.25, 0.3) is 0 Å². The van der Waals surface area contributed by atoms with Gasteiger partial charge >= 0.3 is 0 Å². The summed E-state index contributed by atoms with van der Waals surface area (Å²) < 4.78 is 18.2. The molecule has 1 fully saturated rings. The normalized spacial score (nSPS) is 22.9. The van der Waals surface area contributed by atoms with Crippen molar-refractivity contribution >= 4 is 0 Å². The summed E-state index contributed by atoms with van der Waals surface area (Å²) in [6, 6.07) is 6.07. The van der Waals surface area contributed by atoms with Crippen LogP contribution in [0.4, 0.5) is 4.39 Å². The summed E-state index contributed by atoms with van der Waals surface area (Å²) in [5.41, 5.74) is 0.193. The highest BCUT2D eigenvalue weighted by Crippen LogP contribution is 2.17. The Balaban J connectivity index is 1.94. The molecule has 2 rings (SSSR count). The third-order valence-electron chi connectivity index (χ3n) is 3.04. The fourth-order valence-corrected chi connectivity index (χ4v) is 1.98. The second kappa shape index (κ2) is 5.44. The number of rotatable bonds is 4. The molecule has 1 atom stereocenters. The number of hydrogen-bond donors (Lipinski definition) is 2. The van der Waals surface area contributed by atoms with Crippen LogP contribution in [0.1, 0.15) is 17.5 Å². The number of nitriles is 1. The van der Waals surface area contributed by atoms with Crippen LogP contribution in [-0.4, -0.2) is 30.5 Å². The first-order valence-electron chi connectivity index (χ1n) is 5.82. The van der Waals surface area contributed by atoms with Crippen molar-refractivity contribution in [3.63, 3.8) is 0 Å². The molecule has 96 valence electrons. The maximum Gasteiger partial charge on any atom is 0.123 e. The number of nitrogens with zero attached hydrogens (tertiary/aromatic N) is 1. The van der Waals surface area contributed by atoms with Gasteiger partial charge in [-0.05, 0) is 23.8 Å². The van der Waals surface area contributed by atoms with Gasteiger partial charge in [0.15, 0.2) is 0 Å². The molecular weight excluding hydrogens is 235 g/mol. The van der Waals surface area contributed by atoms with Crippen LogP contribution in [0.2, 0.25) is 0 Å². The molecule has 0 saturated carbocycles. The molecule has 0 aliphatic carbocycles. The van der Waals surface area contributed by atoms with Crippen molar-refractivity contribution in [2.24, 2.45) is 0 Å². The molecule has 5 heteroatoms. The number of ether oxygens (including phenoxy) is 1. The lowest BCUT2D eigenvalue weighted by Crippen LogP contribution is -2.40. The summed E-state index contributed by atoms with van der Waals surface area (Å²) in [6.45, 7) is 1.59. The van der Waals surface area contributed by atoms with Gasteiger partial charge in [0, 0.05) is 26.1 Å². The van der Waals surface area contributed by atoms with Crippen molar-refractivity contribution in [1.82, 2.24) is 5.32 Å². The van der Waals surface area contributed by atoms with Gasteiger partial charge in [0.2, 0.25) is 0 Å². The fraction of sp³-hybridized carbons (Fsp3) is 0.462. The zero-order valence-corrected chi connectivity index (χ0v) is 9.95. The highest BCUT2D eigenvalue weighted by molar-refractivity contribution is 5.37. The smallest absolute Gasteiger partial charge is 0.123 e. The topological polar surface area (TPSA) is 65.3 Å². The van der Waals surface area contributed by atoms with E-state index in [1.165, 1.54) is 18.2 Å². The number of aliphatic hydroxyl groups is 1. The van der Waals surface area contributed by atoms with Crippen LogP contribution in [0.15, 0.2) is 18.2 Å². The summed E-state index contributed by atoms with van der Waals surface area (Å²) >= 11 is 0. The number of hydrogen-bond acceptors (Lipinski definition) is 4.